The highest BCUT2D eigenvalue weighted by atomic mass is 19.2. The smallest absolute Gasteiger partial charge is 0.276 e. The van der Waals surface area contributed by atoms with Crippen molar-refractivity contribution in [2.75, 3.05) is 5.32 Å². The van der Waals surface area contributed by atoms with Crippen molar-refractivity contribution in [3.8, 4) is 0 Å². The Hall–Kier alpha value is -2.38. The van der Waals surface area contributed by atoms with Crippen LogP contribution in [0.4, 0.5) is 23.2 Å². The van der Waals surface area contributed by atoms with Crippen LogP contribution in [0.1, 0.15) is 16.2 Å². The molecule has 0 fully saturated rings. The number of benzene rings is 1. The Balaban J connectivity index is 2.37. The minimum atomic E-state index is -1.68. The molecule has 1 aromatic heterocycles. The number of anilines is 1. The van der Waals surface area contributed by atoms with Crippen molar-refractivity contribution >= 4 is 11.6 Å². The number of carbonyl (C=O) groups excluding carboxylic acids is 1. The second-order valence-corrected chi connectivity index (χ2v) is 4.09. The number of carbonyl (C=O) groups is 1. The number of nitrogens with one attached hydrogen (secondary N) is 1. The predicted octanol–water partition coefficient (Wildman–Crippen LogP) is 2.54. The molecule has 106 valence electrons. The van der Waals surface area contributed by atoms with Gasteiger partial charge in [0.15, 0.2) is 29.0 Å². The van der Waals surface area contributed by atoms with Crippen LogP contribution in [0.5, 0.6) is 0 Å². The van der Waals surface area contributed by atoms with Crippen LogP contribution in [-0.2, 0) is 7.05 Å². The van der Waals surface area contributed by atoms with Gasteiger partial charge < -0.3 is 5.32 Å². The van der Waals surface area contributed by atoms with Gasteiger partial charge in [0, 0.05) is 18.8 Å². The molecule has 1 amide bonds. The van der Waals surface area contributed by atoms with E-state index in [-0.39, 0.29) is 11.8 Å². The van der Waals surface area contributed by atoms with Crippen molar-refractivity contribution < 1.29 is 22.4 Å². The van der Waals surface area contributed by atoms with Crippen LogP contribution in [0.3, 0.4) is 0 Å². The molecule has 0 spiro atoms. The van der Waals surface area contributed by atoms with E-state index in [0.717, 1.165) is 0 Å². The summed E-state index contributed by atoms with van der Waals surface area (Å²) in [6.45, 7) is 1.66. The summed E-state index contributed by atoms with van der Waals surface area (Å²) in [5, 5.41) is 5.55. The number of rotatable bonds is 2. The van der Waals surface area contributed by atoms with Crippen molar-refractivity contribution in [1.29, 1.82) is 0 Å². The van der Waals surface area contributed by atoms with E-state index >= 15 is 0 Å². The van der Waals surface area contributed by atoms with Gasteiger partial charge in [0.05, 0.1) is 0 Å². The first kappa shape index (κ1) is 14.0. The number of nitrogens with zero attached hydrogens (tertiary/aromatic N) is 2. The first-order valence-electron chi connectivity index (χ1n) is 5.46. The van der Waals surface area contributed by atoms with Crippen molar-refractivity contribution in [3.05, 3.63) is 46.8 Å². The lowest BCUT2D eigenvalue weighted by atomic mass is 10.2. The first-order valence-corrected chi connectivity index (χ1v) is 5.46. The molecule has 2 aromatic rings. The van der Waals surface area contributed by atoms with Gasteiger partial charge in [-0.3, -0.25) is 9.48 Å². The number of hydrogen-bond acceptors (Lipinski definition) is 2. The fraction of sp³-hybridized carbons (Fsp3) is 0.167. The summed E-state index contributed by atoms with van der Waals surface area (Å²) in [7, 11) is 1.56. The van der Waals surface area contributed by atoms with E-state index in [4.69, 9.17) is 0 Å². The molecular formula is C12H9F4N3O. The van der Waals surface area contributed by atoms with E-state index in [1.165, 1.54) is 10.7 Å². The third-order valence-corrected chi connectivity index (χ3v) is 2.70. The molecule has 0 bridgehead atoms. The van der Waals surface area contributed by atoms with Crippen LogP contribution < -0.4 is 5.32 Å². The van der Waals surface area contributed by atoms with Gasteiger partial charge in [-0.2, -0.15) is 5.10 Å². The standard InChI is InChI=1S/C12H9F4N3O/c1-5-3-8(18-19(5)2)12(20)17-11-9(15)6(13)4-7(14)10(11)16/h3-4H,1-2H3,(H,17,20). The Morgan fingerprint density at radius 2 is 1.70 bits per heavy atom. The summed E-state index contributed by atoms with van der Waals surface area (Å²) in [5.74, 6) is -7.53. The zero-order valence-corrected chi connectivity index (χ0v) is 10.5. The van der Waals surface area contributed by atoms with Crippen LogP contribution in [0, 0.1) is 30.2 Å². The van der Waals surface area contributed by atoms with Crippen molar-refractivity contribution in [3.63, 3.8) is 0 Å². The number of hydrogen-bond donors (Lipinski definition) is 1. The van der Waals surface area contributed by atoms with Gasteiger partial charge in [-0.25, -0.2) is 17.6 Å². The number of aryl methyl sites for hydroxylation is 2. The van der Waals surface area contributed by atoms with Crippen molar-refractivity contribution in [1.82, 2.24) is 9.78 Å². The fourth-order valence-electron chi connectivity index (χ4n) is 1.53. The average Bonchev–Trinajstić information content (AvgIpc) is 2.72. The molecule has 0 radical (unpaired) electrons. The minimum absolute atomic E-state index is 0.0608. The third kappa shape index (κ3) is 2.36. The van der Waals surface area contributed by atoms with Crippen LogP contribution >= 0.6 is 0 Å². The molecule has 0 aliphatic heterocycles. The highest BCUT2D eigenvalue weighted by Gasteiger charge is 2.22. The normalized spacial score (nSPS) is 10.7. The monoisotopic (exact) mass is 287 g/mol. The largest absolute Gasteiger partial charge is 0.315 e. The lowest BCUT2D eigenvalue weighted by Crippen LogP contribution is -2.16. The molecule has 0 atom stereocenters. The van der Waals surface area contributed by atoms with E-state index in [2.05, 4.69) is 5.10 Å². The molecule has 1 heterocycles. The molecule has 0 saturated heterocycles. The quantitative estimate of drug-likeness (QED) is 0.681. The molecular weight excluding hydrogens is 278 g/mol. The Kier molecular flexibility index (Phi) is 3.47. The summed E-state index contributed by atoms with van der Waals surface area (Å²) in [4.78, 5) is 11.7. The van der Waals surface area contributed by atoms with Gasteiger partial charge in [0.25, 0.3) is 5.91 Å². The zero-order chi connectivity index (χ0) is 15.0. The van der Waals surface area contributed by atoms with Crippen molar-refractivity contribution in [2.45, 2.75) is 6.92 Å². The molecule has 0 unspecified atom stereocenters. The Morgan fingerprint density at radius 1 is 1.15 bits per heavy atom. The summed E-state index contributed by atoms with van der Waals surface area (Å²) < 4.78 is 54.1. The van der Waals surface area contributed by atoms with E-state index in [0.29, 0.717) is 5.69 Å². The SMILES string of the molecule is Cc1cc(C(=O)Nc2c(F)c(F)cc(F)c2F)nn1C. The molecule has 2 rings (SSSR count). The lowest BCUT2D eigenvalue weighted by Gasteiger charge is -2.07. The van der Waals surface area contributed by atoms with Crippen molar-refractivity contribution in [2.24, 2.45) is 7.05 Å². The molecule has 4 nitrogen and oxygen atoms in total. The fourth-order valence-corrected chi connectivity index (χ4v) is 1.53. The van der Waals surface area contributed by atoms with Crippen LogP contribution in [0.2, 0.25) is 0 Å². The maximum absolute atomic E-state index is 13.4. The second-order valence-electron chi connectivity index (χ2n) is 4.09. The maximum atomic E-state index is 13.4. The van der Waals surface area contributed by atoms with E-state index in [1.807, 2.05) is 0 Å². The number of amides is 1. The third-order valence-electron chi connectivity index (χ3n) is 2.70. The summed E-state index contributed by atoms with van der Waals surface area (Å²) in [5.41, 5.74) is -0.689. The van der Waals surface area contributed by atoms with Gasteiger partial charge >= 0.3 is 0 Å². The Bertz CT molecular complexity index is 651. The molecule has 0 aliphatic rings. The second kappa shape index (κ2) is 4.95. The first-order chi connectivity index (χ1) is 9.31. The van der Waals surface area contributed by atoms with E-state index in [1.54, 1.807) is 19.3 Å². The summed E-state index contributed by atoms with van der Waals surface area (Å²) in [6, 6.07) is 1.42. The minimum Gasteiger partial charge on any atom is -0.315 e. The van der Waals surface area contributed by atoms with Crippen LogP contribution in [0.15, 0.2) is 12.1 Å². The Labute approximate surface area is 111 Å². The summed E-state index contributed by atoms with van der Waals surface area (Å²) in [6.07, 6.45) is 0. The molecule has 0 saturated carbocycles. The highest BCUT2D eigenvalue weighted by Crippen LogP contribution is 2.24. The summed E-state index contributed by atoms with van der Waals surface area (Å²) >= 11 is 0. The van der Waals surface area contributed by atoms with Crippen LogP contribution in [0.25, 0.3) is 0 Å². The maximum Gasteiger partial charge on any atom is 0.276 e. The topological polar surface area (TPSA) is 46.9 Å². The molecule has 1 aromatic carbocycles. The molecule has 8 heteroatoms. The highest BCUT2D eigenvalue weighted by molar-refractivity contribution is 6.03. The van der Waals surface area contributed by atoms with Gasteiger partial charge in [-0.1, -0.05) is 0 Å². The van der Waals surface area contributed by atoms with Gasteiger partial charge in [0.2, 0.25) is 0 Å². The van der Waals surface area contributed by atoms with Gasteiger partial charge in [-0.05, 0) is 13.0 Å². The Morgan fingerprint density at radius 3 is 2.15 bits per heavy atom. The van der Waals surface area contributed by atoms with E-state index in [9.17, 15) is 22.4 Å². The average molecular weight is 287 g/mol. The number of halogens is 4. The number of aromatic nitrogens is 2. The van der Waals surface area contributed by atoms with E-state index < -0.39 is 34.9 Å². The molecule has 20 heavy (non-hydrogen) atoms. The van der Waals surface area contributed by atoms with Gasteiger partial charge in [0.1, 0.15) is 5.69 Å². The lowest BCUT2D eigenvalue weighted by molar-refractivity contribution is 0.102. The molecule has 1 N–H and O–H groups in total. The molecule has 0 aliphatic carbocycles. The van der Waals surface area contributed by atoms with Gasteiger partial charge in [-0.15, -0.1) is 0 Å². The predicted molar refractivity (Wildman–Crippen MR) is 62.2 cm³/mol. The zero-order valence-electron chi connectivity index (χ0n) is 10.5. The van der Waals surface area contributed by atoms with Crippen LogP contribution in [-0.4, -0.2) is 15.7 Å².